The van der Waals surface area contributed by atoms with E-state index in [0.717, 1.165) is 30.6 Å². The Morgan fingerprint density at radius 1 is 0.875 bits per heavy atom. The van der Waals surface area contributed by atoms with Gasteiger partial charge in [0.05, 0.1) is 11.7 Å². The minimum absolute atomic E-state index is 0.0912. The molecule has 0 aromatic rings. The van der Waals surface area contributed by atoms with Gasteiger partial charge < -0.3 is 10.2 Å². The second-order valence-electron chi connectivity index (χ2n) is 14.8. The Morgan fingerprint density at radius 2 is 1.53 bits per heavy atom. The zero-order chi connectivity index (χ0) is 23.4. The van der Waals surface area contributed by atoms with Crippen LogP contribution in [-0.2, 0) is 0 Å². The van der Waals surface area contributed by atoms with Crippen molar-refractivity contribution >= 4 is 0 Å². The van der Waals surface area contributed by atoms with Gasteiger partial charge in [-0.15, -0.1) is 0 Å². The van der Waals surface area contributed by atoms with Crippen LogP contribution < -0.4 is 0 Å². The molecule has 0 aromatic heterocycles. The summed E-state index contributed by atoms with van der Waals surface area (Å²) in [6.45, 7) is 16.3. The second-order valence-corrected chi connectivity index (χ2v) is 14.8. The van der Waals surface area contributed by atoms with Crippen molar-refractivity contribution in [3.05, 3.63) is 12.2 Å². The Hall–Kier alpha value is -0.340. The molecule has 1 unspecified atom stereocenters. The lowest BCUT2D eigenvalue weighted by Crippen LogP contribution is -2.57. The topological polar surface area (TPSA) is 40.5 Å². The maximum atomic E-state index is 10.8. The maximum Gasteiger partial charge on any atom is 0.0771 e. The number of rotatable bonds is 4. The maximum absolute atomic E-state index is 10.8. The Kier molecular flexibility index (Phi) is 5.02. The molecule has 0 aliphatic heterocycles. The van der Waals surface area contributed by atoms with Crippen LogP contribution in [0.3, 0.4) is 0 Å². The molecule has 2 nitrogen and oxygen atoms in total. The van der Waals surface area contributed by atoms with Crippen molar-refractivity contribution in [2.45, 2.75) is 124 Å². The van der Waals surface area contributed by atoms with E-state index < -0.39 is 5.60 Å². The first kappa shape index (κ1) is 23.4. The first-order valence-electron chi connectivity index (χ1n) is 13.8. The largest absolute Gasteiger partial charge is 0.393 e. The fourth-order valence-corrected chi connectivity index (χ4v) is 11.0. The van der Waals surface area contributed by atoms with Gasteiger partial charge in [0.2, 0.25) is 0 Å². The summed E-state index contributed by atoms with van der Waals surface area (Å²) < 4.78 is 0. The Balaban J connectivity index is 1.40. The lowest BCUT2D eigenvalue weighted by atomic mass is 9.42. The summed E-state index contributed by atoms with van der Waals surface area (Å²) in [5.41, 5.74) is 1.44. The summed E-state index contributed by atoms with van der Waals surface area (Å²) in [4.78, 5) is 0. The highest BCUT2D eigenvalue weighted by atomic mass is 16.3. The molecule has 0 radical (unpaired) electrons. The minimum atomic E-state index is -0.703. The van der Waals surface area contributed by atoms with Gasteiger partial charge >= 0.3 is 0 Å². The third kappa shape index (κ3) is 2.84. The molecule has 5 aliphatic rings. The van der Waals surface area contributed by atoms with Crippen LogP contribution in [0.4, 0.5) is 0 Å². The van der Waals surface area contributed by atoms with E-state index in [1.807, 2.05) is 19.9 Å². The molecular weight excluding hydrogens is 392 g/mol. The number of hydrogen-bond donors (Lipinski definition) is 2. The molecule has 9 atom stereocenters. The van der Waals surface area contributed by atoms with Crippen LogP contribution in [0.15, 0.2) is 12.2 Å². The van der Waals surface area contributed by atoms with Crippen molar-refractivity contribution in [3.8, 4) is 0 Å². The van der Waals surface area contributed by atoms with E-state index in [1.165, 1.54) is 51.4 Å². The molecular formula is C30H50O2. The van der Waals surface area contributed by atoms with Gasteiger partial charge in [-0.05, 0) is 129 Å². The highest BCUT2D eigenvalue weighted by Gasteiger charge is 2.82. The zero-order valence-electron chi connectivity index (χ0n) is 22.0. The van der Waals surface area contributed by atoms with Gasteiger partial charge in [-0.1, -0.05) is 46.8 Å². The Bertz CT molecular complexity index is 791. The van der Waals surface area contributed by atoms with E-state index in [2.05, 4.69) is 40.7 Å². The van der Waals surface area contributed by atoms with Gasteiger partial charge in [-0.25, -0.2) is 0 Å². The molecule has 0 amide bonds. The molecule has 5 aliphatic carbocycles. The van der Waals surface area contributed by atoms with Crippen molar-refractivity contribution in [3.63, 3.8) is 0 Å². The summed E-state index contributed by atoms with van der Waals surface area (Å²) in [6, 6.07) is 0. The van der Waals surface area contributed by atoms with Crippen molar-refractivity contribution in [2.24, 2.45) is 50.7 Å². The zero-order valence-corrected chi connectivity index (χ0v) is 22.0. The van der Waals surface area contributed by atoms with Gasteiger partial charge in [-0.3, -0.25) is 0 Å². The average molecular weight is 443 g/mol. The van der Waals surface area contributed by atoms with E-state index in [-0.39, 0.29) is 11.5 Å². The summed E-state index contributed by atoms with van der Waals surface area (Å²) in [6.07, 6.45) is 17.4. The van der Waals surface area contributed by atoms with Crippen molar-refractivity contribution in [2.75, 3.05) is 0 Å². The highest BCUT2D eigenvalue weighted by molar-refractivity contribution is 5.30. The lowest BCUT2D eigenvalue weighted by molar-refractivity contribution is -0.161. The van der Waals surface area contributed by atoms with Crippen LogP contribution in [0, 0.1) is 50.7 Å². The van der Waals surface area contributed by atoms with E-state index in [4.69, 9.17) is 0 Å². The quantitative estimate of drug-likeness (QED) is 0.454. The molecule has 5 fully saturated rings. The lowest BCUT2D eigenvalue weighted by Gasteiger charge is -2.63. The van der Waals surface area contributed by atoms with Crippen LogP contribution in [0.5, 0.6) is 0 Å². The predicted molar refractivity (Wildman–Crippen MR) is 132 cm³/mol. The van der Waals surface area contributed by atoms with Crippen LogP contribution in [0.2, 0.25) is 0 Å². The molecule has 0 heterocycles. The third-order valence-electron chi connectivity index (χ3n) is 12.9. The smallest absolute Gasteiger partial charge is 0.0771 e. The molecule has 0 saturated heterocycles. The average Bonchev–Trinajstić information content (AvgIpc) is 3.27. The van der Waals surface area contributed by atoms with Crippen molar-refractivity contribution < 1.29 is 10.2 Å². The molecule has 0 aromatic carbocycles. The van der Waals surface area contributed by atoms with Crippen molar-refractivity contribution in [1.82, 2.24) is 0 Å². The fraction of sp³-hybridized carbons (Fsp3) is 0.933. The summed E-state index contributed by atoms with van der Waals surface area (Å²) in [7, 11) is 0. The predicted octanol–water partition coefficient (Wildman–Crippen LogP) is 7.14. The van der Waals surface area contributed by atoms with E-state index in [9.17, 15) is 10.2 Å². The molecule has 2 spiro atoms. The first-order valence-corrected chi connectivity index (χ1v) is 13.8. The van der Waals surface area contributed by atoms with E-state index >= 15 is 0 Å². The molecule has 0 bridgehead atoms. The highest BCUT2D eigenvalue weighted by Crippen LogP contribution is 2.89. The SMILES string of the molecule is C[C@H](C/C=C/C(C)(C)O)[C@H]1CC[C@@]2(C)[C@@H]3CCC4C(C)(C)[C@@H](O)CC[C@@]45C[C@@]35CC[C@]12C. The summed E-state index contributed by atoms with van der Waals surface area (Å²) >= 11 is 0. The summed E-state index contributed by atoms with van der Waals surface area (Å²) in [5, 5.41) is 20.9. The first-order chi connectivity index (χ1) is 14.7. The van der Waals surface area contributed by atoms with Gasteiger partial charge in [-0.2, -0.15) is 0 Å². The number of allylic oxidation sites excluding steroid dienone is 1. The van der Waals surface area contributed by atoms with Gasteiger partial charge in [0.1, 0.15) is 0 Å². The van der Waals surface area contributed by atoms with Crippen LogP contribution >= 0.6 is 0 Å². The molecule has 5 saturated carbocycles. The number of aliphatic hydroxyl groups is 2. The van der Waals surface area contributed by atoms with Crippen molar-refractivity contribution in [1.29, 1.82) is 0 Å². The molecule has 182 valence electrons. The van der Waals surface area contributed by atoms with Gasteiger partial charge in [0, 0.05) is 0 Å². The van der Waals surface area contributed by atoms with E-state index in [0.29, 0.717) is 27.6 Å². The molecule has 2 heteroatoms. The molecule has 32 heavy (non-hydrogen) atoms. The summed E-state index contributed by atoms with van der Waals surface area (Å²) in [5.74, 6) is 3.10. The van der Waals surface area contributed by atoms with Crippen LogP contribution in [0.1, 0.15) is 113 Å². The Morgan fingerprint density at radius 3 is 2.22 bits per heavy atom. The molecule has 2 N–H and O–H groups in total. The standard InChI is InChI=1S/C30H50O2/c1-20(9-8-14-25(2,3)32)21-12-15-28(7)23-11-10-22-26(4,5)24(31)13-16-29(22)19-30(23,29)18-17-27(21,28)6/h8,14,20-24,31-32H,9-13,15-19H2,1-7H3/b14-8+/t20-,21-,22?,23+,24+,27-,28+,29-,30+/m1/s1. The minimum Gasteiger partial charge on any atom is -0.393 e. The Labute approximate surface area is 197 Å². The second kappa shape index (κ2) is 6.87. The fourth-order valence-electron chi connectivity index (χ4n) is 11.0. The van der Waals surface area contributed by atoms with Gasteiger partial charge in [0.15, 0.2) is 0 Å². The third-order valence-corrected chi connectivity index (χ3v) is 12.9. The normalized spacial score (nSPS) is 52.7. The van der Waals surface area contributed by atoms with E-state index in [1.54, 1.807) is 0 Å². The van der Waals surface area contributed by atoms with Gasteiger partial charge in [0.25, 0.3) is 0 Å². The molecule has 5 rings (SSSR count). The van der Waals surface area contributed by atoms with Crippen LogP contribution in [-0.4, -0.2) is 21.9 Å². The number of fused-ring (bicyclic) bond motifs is 2. The van der Waals surface area contributed by atoms with Crippen LogP contribution in [0.25, 0.3) is 0 Å². The number of aliphatic hydroxyl groups excluding tert-OH is 1. The monoisotopic (exact) mass is 442 g/mol. The number of hydrogen-bond acceptors (Lipinski definition) is 2.